The van der Waals surface area contributed by atoms with E-state index in [1.54, 1.807) is 0 Å². The number of hydrogen-bond acceptors (Lipinski definition) is 2. The summed E-state index contributed by atoms with van der Waals surface area (Å²) in [4.78, 5) is 4.30. The first-order valence-corrected chi connectivity index (χ1v) is 7.40. The third-order valence-electron chi connectivity index (χ3n) is 3.31. The van der Waals surface area contributed by atoms with Crippen molar-refractivity contribution in [2.45, 2.75) is 19.9 Å². The monoisotopic (exact) mass is 300 g/mol. The zero-order valence-electron chi connectivity index (χ0n) is 12.8. The summed E-state index contributed by atoms with van der Waals surface area (Å²) >= 11 is 0. The largest absolute Gasteiger partial charge is 0.491 e. The predicted octanol–water partition coefficient (Wildman–Crippen LogP) is 3.97. The maximum atomic E-state index is 12.1. The molecule has 3 nitrogen and oxygen atoms in total. The van der Waals surface area contributed by atoms with E-state index in [0.717, 1.165) is 23.1 Å². The molecule has 0 unspecified atom stereocenters. The average molecular weight is 300 g/mol. The Morgan fingerprint density at radius 1 is 1.05 bits per heavy atom. The fraction of sp³-hybridized carbons (Fsp3) is 0.278. The van der Waals surface area contributed by atoms with E-state index in [9.17, 15) is 4.39 Å². The fourth-order valence-electron chi connectivity index (χ4n) is 2.01. The summed E-state index contributed by atoms with van der Waals surface area (Å²) in [6.45, 7) is 2.21. The van der Waals surface area contributed by atoms with E-state index >= 15 is 0 Å². The lowest BCUT2D eigenvalue weighted by atomic mass is 10.0. The van der Waals surface area contributed by atoms with Crippen LogP contribution in [0.5, 0.6) is 5.75 Å². The molecule has 2 aromatic carbocycles. The highest BCUT2D eigenvalue weighted by Gasteiger charge is 2.00. The molecule has 0 heterocycles. The van der Waals surface area contributed by atoms with Crippen molar-refractivity contribution in [1.82, 2.24) is 0 Å². The zero-order valence-corrected chi connectivity index (χ0v) is 12.8. The summed E-state index contributed by atoms with van der Waals surface area (Å²) in [6.07, 6.45) is 0.773. The third kappa shape index (κ3) is 4.58. The van der Waals surface area contributed by atoms with Gasteiger partial charge in [0, 0.05) is 6.42 Å². The topological polar surface area (TPSA) is 47.6 Å². The van der Waals surface area contributed by atoms with Crippen LogP contribution in [0.1, 0.15) is 18.9 Å². The second-order valence-electron chi connectivity index (χ2n) is 4.92. The lowest BCUT2D eigenvalue weighted by molar-refractivity contribution is 0.273. The zero-order chi connectivity index (χ0) is 15.8. The Hall–Kier alpha value is -2.36. The summed E-state index contributed by atoms with van der Waals surface area (Å²) in [5.74, 6) is 1.36. The van der Waals surface area contributed by atoms with Crippen LogP contribution in [-0.2, 0) is 6.54 Å². The van der Waals surface area contributed by atoms with Crippen molar-refractivity contribution in [1.29, 1.82) is 0 Å². The molecule has 0 amide bonds. The van der Waals surface area contributed by atoms with Gasteiger partial charge in [0.25, 0.3) is 0 Å². The SMILES string of the molecule is CCC(N)=NCc1ccc(-c2ccc(OCCF)cc2)cc1. The number of amidine groups is 1. The normalized spacial score (nSPS) is 11.5. The van der Waals surface area contributed by atoms with Gasteiger partial charge in [0.05, 0.1) is 12.4 Å². The Morgan fingerprint density at radius 2 is 1.64 bits per heavy atom. The summed E-state index contributed by atoms with van der Waals surface area (Å²) < 4.78 is 17.3. The molecule has 0 aliphatic rings. The minimum Gasteiger partial charge on any atom is -0.491 e. The number of alkyl halides is 1. The summed E-state index contributed by atoms with van der Waals surface area (Å²) in [6, 6.07) is 15.9. The molecule has 0 atom stereocenters. The van der Waals surface area contributed by atoms with Crippen LogP contribution in [0.25, 0.3) is 11.1 Å². The second-order valence-corrected chi connectivity index (χ2v) is 4.92. The van der Waals surface area contributed by atoms with Crippen molar-refractivity contribution in [3.8, 4) is 16.9 Å². The molecule has 0 bridgehead atoms. The van der Waals surface area contributed by atoms with E-state index in [-0.39, 0.29) is 6.61 Å². The van der Waals surface area contributed by atoms with Crippen LogP contribution in [0, 0.1) is 0 Å². The van der Waals surface area contributed by atoms with Crippen LogP contribution in [0.2, 0.25) is 0 Å². The van der Waals surface area contributed by atoms with Crippen molar-refractivity contribution in [3.63, 3.8) is 0 Å². The number of hydrogen-bond donors (Lipinski definition) is 1. The molecule has 22 heavy (non-hydrogen) atoms. The van der Waals surface area contributed by atoms with Gasteiger partial charge in [-0.05, 0) is 28.8 Å². The summed E-state index contributed by atoms with van der Waals surface area (Å²) in [5, 5.41) is 0. The Labute approximate surface area is 130 Å². The van der Waals surface area contributed by atoms with E-state index in [0.29, 0.717) is 18.1 Å². The van der Waals surface area contributed by atoms with E-state index in [1.807, 2.05) is 31.2 Å². The lowest BCUT2D eigenvalue weighted by Crippen LogP contribution is -2.09. The first-order valence-electron chi connectivity index (χ1n) is 7.40. The van der Waals surface area contributed by atoms with E-state index in [1.165, 1.54) is 0 Å². The molecular formula is C18H21FN2O. The van der Waals surface area contributed by atoms with Crippen LogP contribution >= 0.6 is 0 Å². The minimum atomic E-state index is -0.478. The quantitative estimate of drug-likeness (QED) is 0.621. The van der Waals surface area contributed by atoms with Gasteiger partial charge in [-0.25, -0.2) is 4.39 Å². The standard InChI is InChI=1S/C18H21FN2O/c1-2-18(20)21-13-14-3-5-15(6-4-14)16-7-9-17(10-8-16)22-12-11-19/h3-10H,2,11-13H2,1H3,(H2,20,21). The van der Waals surface area contributed by atoms with Crippen LogP contribution in [0.3, 0.4) is 0 Å². The minimum absolute atomic E-state index is 0.0927. The first kappa shape index (κ1) is 16.0. The van der Waals surface area contributed by atoms with Crippen LogP contribution < -0.4 is 10.5 Å². The number of aliphatic imine (C=N–C) groups is 1. The van der Waals surface area contributed by atoms with Gasteiger partial charge < -0.3 is 10.5 Å². The van der Waals surface area contributed by atoms with Gasteiger partial charge in [-0.15, -0.1) is 0 Å². The van der Waals surface area contributed by atoms with E-state index in [2.05, 4.69) is 29.3 Å². The van der Waals surface area contributed by atoms with Crippen molar-refractivity contribution in [3.05, 3.63) is 54.1 Å². The molecule has 0 saturated heterocycles. The molecule has 2 N–H and O–H groups in total. The molecule has 4 heteroatoms. The number of nitrogens with zero attached hydrogens (tertiary/aromatic N) is 1. The van der Waals surface area contributed by atoms with Crippen LogP contribution in [0.15, 0.2) is 53.5 Å². The average Bonchev–Trinajstić information content (AvgIpc) is 2.58. The number of ether oxygens (including phenoxy) is 1. The molecule has 0 fully saturated rings. The van der Waals surface area contributed by atoms with Gasteiger partial charge in [-0.3, -0.25) is 4.99 Å². The molecule has 116 valence electrons. The highest BCUT2D eigenvalue weighted by molar-refractivity contribution is 5.79. The Balaban J connectivity index is 2.03. The lowest BCUT2D eigenvalue weighted by Gasteiger charge is -2.06. The van der Waals surface area contributed by atoms with Crippen molar-refractivity contribution < 1.29 is 9.13 Å². The molecule has 0 saturated carbocycles. The van der Waals surface area contributed by atoms with Gasteiger partial charge in [0.1, 0.15) is 19.0 Å². The Bertz CT molecular complexity index is 606. The third-order valence-corrected chi connectivity index (χ3v) is 3.31. The van der Waals surface area contributed by atoms with Crippen LogP contribution in [0.4, 0.5) is 4.39 Å². The molecule has 2 rings (SSSR count). The molecule has 0 aliphatic heterocycles. The smallest absolute Gasteiger partial charge is 0.123 e. The molecular weight excluding hydrogens is 279 g/mol. The summed E-state index contributed by atoms with van der Waals surface area (Å²) in [7, 11) is 0. The van der Waals surface area contributed by atoms with Crippen molar-refractivity contribution in [2.75, 3.05) is 13.3 Å². The first-order chi connectivity index (χ1) is 10.7. The molecule has 2 aromatic rings. The molecule has 0 aromatic heterocycles. The van der Waals surface area contributed by atoms with Gasteiger partial charge in [-0.1, -0.05) is 43.3 Å². The maximum absolute atomic E-state index is 12.1. The maximum Gasteiger partial charge on any atom is 0.123 e. The highest BCUT2D eigenvalue weighted by Crippen LogP contribution is 2.23. The summed E-state index contributed by atoms with van der Waals surface area (Å²) in [5.41, 5.74) is 9.05. The molecule has 0 aliphatic carbocycles. The highest BCUT2D eigenvalue weighted by atomic mass is 19.1. The van der Waals surface area contributed by atoms with Gasteiger partial charge in [-0.2, -0.15) is 0 Å². The predicted molar refractivity (Wildman–Crippen MR) is 89.0 cm³/mol. The Kier molecular flexibility index (Phi) is 5.95. The molecule has 0 radical (unpaired) electrons. The van der Waals surface area contributed by atoms with Crippen molar-refractivity contribution >= 4 is 5.84 Å². The van der Waals surface area contributed by atoms with Gasteiger partial charge in [0.2, 0.25) is 0 Å². The van der Waals surface area contributed by atoms with Gasteiger partial charge in [0.15, 0.2) is 0 Å². The van der Waals surface area contributed by atoms with Crippen molar-refractivity contribution in [2.24, 2.45) is 10.7 Å². The number of halogens is 1. The number of nitrogens with two attached hydrogens (primary N) is 1. The van der Waals surface area contributed by atoms with E-state index < -0.39 is 6.67 Å². The fourth-order valence-corrected chi connectivity index (χ4v) is 2.01. The Morgan fingerprint density at radius 3 is 2.18 bits per heavy atom. The van der Waals surface area contributed by atoms with E-state index in [4.69, 9.17) is 10.5 Å². The number of benzene rings is 2. The number of rotatable bonds is 7. The second kappa shape index (κ2) is 8.17. The van der Waals surface area contributed by atoms with Gasteiger partial charge >= 0.3 is 0 Å². The van der Waals surface area contributed by atoms with Crippen LogP contribution in [-0.4, -0.2) is 19.1 Å². The molecule has 0 spiro atoms.